The number of hydrogen-bond acceptors (Lipinski definition) is 5. The van der Waals surface area contributed by atoms with Crippen molar-refractivity contribution in [2.45, 2.75) is 63.1 Å². The second kappa shape index (κ2) is 12.9. The molecule has 10 heteroatoms. The van der Waals surface area contributed by atoms with Crippen molar-refractivity contribution in [2.75, 3.05) is 6.54 Å². The predicted molar refractivity (Wildman–Crippen MR) is 149 cm³/mol. The molecule has 0 radical (unpaired) electrons. The number of amidine groups is 1. The number of amides is 3. The number of fused-ring (bicyclic) bond motifs is 1. The third kappa shape index (κ3) is 6.90. The molecule has 9 nitrogen and oxygen atoms in total. The molecule has 2 aliphatic rings. The van der Waals surface area contributed by atoms with Crippen LogP contribution >= 0.6 is 12.4 Å². The number of hydrogen-bond donors (Lipinski definition) is 6. The molecule has 38 heavy (non-hydrogen) atoms. The Balaban J connectivity index is 0.00000400. The minimum Gasteiger partial charge on any atom is -0.384 e. The molecule has 3 amide bonds. The molecule has 0 bridgehead atoms. The van der Waals surface area contributed by atoms with Gasteiger partial charge in [0.25, 0.3) is 0 Å². The van der Waals surface area contributed by atoms with Crippen LogP contribution in [0, 0.1) is 11.3 Å². The Kier molecular flexibility index (Phi) is 9.88. The zero-order valence-corrected chi connectivity index (χ0v) is 22.2. The van der Waals surface area contributed by atoms with Crippen LogP contribution in [0.5, 0.6) is 0 Å². The number of halogens is 1. The molecule has 1 atom stereocenters. The summed E-state index contributed by atoms with van der Waals surface area (Å²) in [5.41, 5.74) is 13.3. The van der Waals surface area contributed by atoms with Crippen LogP contribution in [0.25, 0.3) is 0 Å². The van der Waals surface area contributed by atoms with Crippen LogP contribution in [-0.4, -0.2) is 41.7 Å². The van der Waals surface area contributed by atoms with E-state index in [1.165, 1.54) is 0 Å². The highest BCUT2D eigenvalue weighted by atomic mass is 35.5. The molecule has 1 fully saturated rings. The minimum absolute atomic E-state index is 0. The summed E-state index contributed by atoms with van der Waals surface area (Å²) < 4.78 is 0. The van der Waals surface area contributed by atoms with Gasteiger partial charge in [-0.05, 0) is 35.4 Å². The van der Waals surface area contributed by atoms with Crippen LogP contribution in [0.2, 0.25) is 0 Å². The van der Waals surface area contributed by atoms with Crippen LogP contribution in [-0.2, 0) is 33.8 Å². The molecule has 8 N–H and O–H groups in total. The molecule has 204 valence electrons. The molecule has 0 aromatic heterocycles. The van der Waals surface area contributed by atoms with Crippen LogP contribution in [0.1, 0.15) is 54.4 Å². The molecule has 0 aliphatic heterocycles. The Morgan fingerprint density at radius 1 is 0.947 bits per heavy atom. The third-order valence-electron chi connectivity index (χ3n) is 7.52. The van der Waals surface area contributed by atoms with Gasteiger partial charge in [-0.25, -0.2) is 0 Å². The normalized spacial score (nSPS) is 16.9. The van der Waals surface area contributed by atoms with Crippen molar-refractivity contribution in [3.05, 3.63) is 70.8 Å². The molecule has 2 aromatic carbocycles. The first-order valence-electron chi connectivity index (χ1n) is 12.9. The fraction of sp³-hybridized carbons (Fsp3) is 0.429. The number of benzene rings is 2. The van der Waals surface area contributed by atoms with Crippen molar-refractivity contribution in [1.29, 1.82) is 5.41 Å². The van der Waals surface area contributed by atoms with E-state index in [2.05, 4.69) is 16.0 Å². The van der Waals surface area contributed by atoms with Crippen molar-refractivity contribution in [3.63, 3.8) is 0 Å². The first-order chi connectivity index (χ1) is 17.8. The van der Waals surface area contributed by atoms with Crippen molar-refractivity contribution in [3.8, 4) is 0 Å². The Morgan fingerprint density at radius 3 is 2.11 bits per heavy atom. The summed E-state index contributed by atoms with van der Waals surface area (Å²) in [6.07, 6.45) is 5.75. The lowest BCUT2D eigenvalue weighted by Crippen LogP contribution is -2.63. The van der Waals surface area contributed by atoms with Gasteiger partial charge in [0.05, 0.1) is 12.6 Å². The largest absolute Gasteiger partial charge is 0.384 e. The fourth-order valence-corrected chi connectivity index (χ4v) is 5.54. The summed E-state index contributed by atoms with van der Waals surface area (Å²) in [6, 6.07) is 14.4. The summed E-state index contributed by atoms with van der Waals surface area (Å²) in [7, 11) is 0. The number of carbonyl (C=O) groups is 3. The first-order valence-corrected chi connectivity index (χ1v) is 12.9. The van der Waals surface area contributed by atoms with Gasteiger partial charge in [-0.2, -0.15) is 0 Å². The summed E-state index contributed by atoms with van der Waals surface area (Å²) in [6.45, 7) is 0.182. The molecule has 2 aromatic rings. The van der Waals surface area contributed by atoms with E-state index in [1.807, 2.05) is 36.4 Å². The number of nitrogens with two attached hydrogens (primary N) is 2. The number of rotatable bonds is 10. The summed E-state index contributed by atoms with van der Waals surface area (Å²) in [5, 5.41) is 16.7. The molecule has 0 heterocycles. The average molecular weight is 541 g/mol. The molecule has 1 saturated carbocycles. The lowest BCUT2D eigenvalue weighted by Gasteiger charge is -2.35. The SMILES string of the molecule is Cl.N=C(N)c1ccc(CNC(=O)C2(NC(=O)[C@H](NCC(N)=O)C3CCCCC3)Cc3ccccc3C2)cc1. The topological polar surface area (TPSA) is 163 Å². The third-order valence-corrected chi connectivity index (χ3v) is 7.52. The van der Waals surface area contributed by atoms with Crippen molar-refractivity contribution in [1.82, 2.24) is 16.0 Å². The van der Waals surface area contributed by atoms with Crippen molar-refractivity contribution >= 4 is 36.0 Å². The first kappa shape index (κ1) is 29.1. The maximum atomic E-state index is 13.7. The summed E-state index contributed by atoms with van der Waals surface area (Å²) in [4.78, 5) is 38.9. The van der Waals surface area contributed by atoms with E-state index in [-0.39, 0.29) is 49.1 Å². The quantitative estimate of drug-likeness (QED) is 0.199. The standard InChI is InChI=1S/C28H36N6O3.ClH/c29-23(35)17-32-24(19-6-2-1-3-7-19)26(36)34-28(14-21-8-4-5-9-22(21)15-28)27(37)33-16-18-10-12-20(13-11-18)25(30)31;/h4-5,8-13,19,24,32H,1-3,6-7,14-17H2,(H2,29,35)(H3,30,31)(H,33,37)(H,34,36);1H/t24-;/m1./s1. The van der Waals surface area contributed by atoms with Gasteiger partial charge >= 0.3 is 0 Å². The molecule has 0 unspecified atom stereocenters. The predicted octanol–water partition coefficient (Wildman–Crippen LogP) is 1.69. The van der Waals surface area contributed by atoms with Gasteiger partial charge in [-0.3, -0.25) is 25.1 Å². The molecule has 0 saturated heterocycles. The number of nitrogen functional groups attached to an aromatic ring is 1. The summed E-state index contributed by atoms with van der Waals surface area (Å²) >= 11 is 0. The smallest absolute Gasteiger partial charge is 0.246 e. The average Bonchev–Trinajstić information content (AvgIpc) is 3.27. The van der Waals surface area contributed by atoms with Gasteiger partial charge in [0, 0.05) is 24.9 Å². The number of nitrogens with one attached hydrogen (secondary N) is 4. The molecule has 0 spiro atoms. The van der Waals surface area contributed by atoms with E-state index in [4.69, 9.17) is 16.9 Å². The van der Waals surface area contributed by atoms with Gasteiger partial charge in [0.2, 0.25) is 17.7 Å². The zero-order valence-electron chi connectivity index (χ0n) is 21.4. The second-order valence-corrected chi connectivity index (χ2v) is 10.2. The maximum absolute atomic E-state index is 13.7. The molecular weight excluding hydrogens is 504 g/mol. The van der Waals surface area contributed by atoms with Gasteiger partial charge in [0.15, 0.2) is 0 Å². The lowest BCUT2D eigenvalue weighted by molar-refractivity contribution is -0.135. The van der Waals surface area contributed by atoms with E-state index < -0.39 is 17.5 Å². The highest BCUT2D eigenvalue weighted by molar-refractivity contribution is 5.95. The lowest BCUT2D eigenvalue weighted by atomic mass is 9.82. The molecular formula is C28H37ClN6O3. The Morgan fingerprint density at radius 2 is 1.55 bits per heavy atom. The van der Waals surface area contributed by atoms with E-state index in [1.54, 1.807) is 12.1 Å². The monoisotopic (exact) mass is 540 g/mol. The van der Waals surface area contributed by atoms with Crippen LogP contribution in [0.15, 0.2) is 48.5 Å². The zero-order chi connectivity index (χ0) is 26.4. The summed E-state index contributed by atoms with van der Waals surface area (Å²) in [5.74, 6) is -0.993. The van der Waals surface area contributed by atoms with Crippen molar-refractivity contribution < 1.29 is 14.4 Å². The maximum Gasteiger partial charge on any atom is 0.246 e. The van der Waals surface area contributed by atoms with Crippen LogP contribution < -0.4 is 27.4 Å². The minimum atomic E-state index is -1.14. The van der Waals surface area contributed by atoms with Crippen molar-refractivity contribution in [2.24, 2.45) is 17.4 Å². The van der Waals surface area contributed by atoms with Gasteiger partial charge < -0.3 is 22.1 Å². The van der Waals surface area contributed by atoms with Crippen LogP contribution in [0.3, 0.4) is 0 Å². The van der Waals surface area contributed by atoms with Gasteiger partial charge in [0.1, 0.15) is 11.4 Å². The van der Waals surface area contributed by atoms with Crippen LogP contribution in [0.4, 0.5) is 0 Å². The molecule has 2 aliphatic carbocycles. The number of primary amides is 1. The van der Waals surface area contributed by atoms with E-state index in [0.29, 0.717) is 18.4 Å². The van der Waals surface area contributed by atoms with E-state index in [0.717, 1.165) is 48.8 Å². The van der Waals surface area contributed by atoms with Gasteiger partial charge in [-0.1, -0.05) is 67.8 Å². The van der Waals surface area contributed by atoms with E-state index in [9.17, 15) is 14.4 Å². The highest BCUT2D eigenvalue weighted by Gasteiger charge is 2.46. The molecule has 4 rings (SSSR count). The highest BCUT2D eigenvalue weighted by Crippen LogP contribution is 2.32. The Bertz CT molecular complexity index is 1140. The number of carbonyl (C=O) groups excluding carboxylic acids is 3. The Labute approximate surface area is 229 Å². The Hall–Kier alpha value is -3.43. The second-order valence-electron chi connectivity index (χ2n) is 10.2. The van der Waals surface area contributed by atoms with E-state index >= 15 is 0 Å². The fourth-order valence-electron chi connectivity index (χ4n) is 5.54. The van der Waals surface area contributed by atoms with Gasteiger partial charge in [-0.15, -0.1) is 12.4 Å².